The van der Waals surface area contributed by atoms with Crippen LogP contribution in [0.3, 0.4) is 0 Å². The van der Waals surface area contributed by atoms with Crippen molar-refractivity contribution in [3.05, 3.63) is 46.3 Å². The number of anilines is 1. The summed E-state index contributed by atoms with van der Waals surface area (Å²) in [6, 6.07) is 5.95. The number of Topliss-reactive ketones (excluding diaryl/α,β-unsaturated/α-hetero) is 1. The van der Waals surface area contributed by atoms with Crippen molar-refractivity contribution in [1.29, 1.82) is 5.41 Å². The lowest BCUT2D eigenvalue weighted by Crippen LogP contribution is -2.39. The highest BCUT2D eigenvalue weighted by Crippen LogP contribution is 2.64. The maximum absolute atomic E-state index is 16.1. The van der Waals surface area contributed by atoms with Crippen molar-refractivity contribution in [3.8, 4) is 17.2 Å². The number of fused-ring (bicyclic) bond motifs is 3. The number of carbonyl (C=O) groups excluding carboxylic acids is 1. The van der Waals surface area contributed by atoms with Gasteiger partial charge in [-0.25, -0.2) is 4.39 Å². The first kappa shape index (κ1) is 32.2. The van der Waals surface area contributed by atoms with Crippen LogP contribution >= 0.6 is 0 Å². The number of amidine groups is 1. The minimum Gasteiger partial charge on any atom is -0.494 e. The van der Waals surface area contributed by atoms with Crippen molar-refractivity contribution in [2.24, 2.45) is 17.8 Å². The first-order valence-corrected chi connectivity index (χ1v) is 17.8. The fourth-order valence-corrected chi connectivity index (χ4v) is 8.99. The smallest absolute Gasteiger partial charge is 0.197 e. The zero-order valence-corrected chi connectivity index (χ0v) is 28.7. The molecule has 0 radical (unpaired) electrons. The van der Waals surface area contributed by atoms with Crippen molar-refractivity contribution in [1.82, 2.24) is 4.90 Å². The lowest BCUT2D eigenvalue weighted by molar-refractivity contribution is 0.0943. The van der Waals surface area contributed by atoms with Gasteiger partial charge in [-0.15, -0.1) is 0 Å². The topological polar surface area (TPSA) is 84.3 Å². The fourth-order valence-electron chi connectivity index (χ4n) is 8.99. The van der Waals surface area contributed by atoms with Crippen LogP contribution in [0.25, 0.3) is 0 Å². The maximum Gasteiger partial charge on any atom is 0.197 e. The number of ketones is 1. The highest BCUT2D eigenvalue weighted by Gasteiger charge is 2.59. The second-order valence-corrected chi connectivity index (χ2v) is 14.5. The van der Waals surface area contributed by atoms with Gasteiger partial charge in [0, 0.05) is 24.2 Å². The van der Waals surface area contributed by atoms with E-state index in [2.05, 4.69) is 24.8 Å². The van der Waals surface area contributed by atoms with E-state index >= 15 is 4.39 Å². The molecule has 3 aliphatic carbocycles. The number of morpholine rings is 1. The Morgan fingerprint density at radius 2 is 1.74 bits per heavy atom. The van der Waals surface area contributed by atoms with Gasteiger partial charge in [0.2, 0.25) is 0 Å². The van der Waals surface area contributed by atoms with E-state index in [1.54, 1.807) is 14.0 Å². The molecule has 3 saturated carbocycles. The van der Waals surface area contributed by atoms with Gasteiger partial charge in [-0.3, -0.25) is 10.2 Å². The summed E-state index contributed by atoms with van der Waals surface area (Å²) in [6.45, 7) is 11.6. The van der Waals surface area contributed by atoms with Crippen LogP contribution in [0, 0.1) is 29.0 Å². The van der Waals surface area contributed by atoms with Gasteiger partial charge in [-0.1, -0.05) is 20.3 Å². The third-order valence-corrected chi connectivity index (χ3v) is 11.7. The minimum atomic E-state index is -0.577. The molecule has 0 bridgehead atoms. The monoisotopic (exact) mass is 647 g/mol. The molecule has 3 atom stereocenters. The van der Waals surface area contributed by atoms with Gasteiger partial charge >= 0.3 is 0 Å². The summed E-state index contributed by atoms with van der Waals surface area (Å²) in [5.74, 6) is 2.75. The van der Waals surface area contributed by atoms with Crippen molar-refractivity contribution in [2.75, 3.05) is 58.1 Å². The second-order valence-electron chi connectivity index (χ2n) is 14.5. The molecule has 8 nitrogen and oxygen atoms in total. The van der Waals surface area contributed by atoms with Gasteiger partial charge in [0.25, 0.3) is 0 Å². The molecule has 2 heterocycles. The first-order valence-electron chi connectivity index (χ1n) is 17.8. The average Bonchev–Trinajstić information content (AvgIpc) is 3.99. The third-order valence-electron chi connectivity index (χ3n) is 11.7. The van der Waals surface area contributed by atoms with Crippen LogP contribution in [0.1, 0.15) is 99.7 Å². The van der Waals surface area contributed by atoms with Gasteiger partial charge in [-0.05, 0) is 99.3 Å². The predicted octanol–water partition coefficient (Wildman–Crippen LogP) is 7.09. The van der Waals surface area contributed by atoms with E-state index in [0.29, 0.717) is 37.1 Å². The van der Waals surface area contributed by atoms with E-state index in [4.69, 9.17) is 18.9 Å². The molecule has 4 fully saturated rings. The molecule has 5 aliphatic rings. The molecular weight excluding hydrogens is 597 g/mol. The zero-order valence-electron chi connectivity index (χ0n) is 28.7. The summed E-state index contributed by atoms with van der Waals surface area (Å²) >= 11 is 0. The van der Waals surface area contributed by atoms with E-state index in [1.807, 2.05) is 24.0 Å². The van der Waals surface area contributed by atoms with E-state index in [0.717, 1.165) is 86.0 Å². The lowest BCUT2D eigenvalue weighted by atomic mass is 9.69. The summed E-state index contributed by atoms with van der Waals surface area (Å²) < 4.78 is 39.5. The maximum atomic E-state index is 16.1. The first-order chi connectivity index (χ1) is 22.7. The molecule has 0 aromatic heterocycles. The average molecular weight is 648 g/mol. The number of nitrogens with one attached hydrogen (secondary N) is 1. The van der Waals surface area contributed by atoms with E-state index < -0.39 is 11.4 Å². The molecule has 2 aromatic carbocycles. The van der Waals surface area contributed by atoms with Crippen LogP contribution in [0.4, 0.5) is 10.1 Å². The molecule has 2 aliphatic heterocycles. The molecule has 9 heteroatoms. The second kappa shape index (κ2) is 12.3. The summed E-state index contributed by atoms with van der Waals surface area (Å²) in [7, 11) is 1.76. The van der Waals surface area contributed by atoms with Gasteiger partial charge in [0.15, 0.2) is 23.1 Å². The van der Waals surface area contributed by atoms with Crippen LogP contribution in [-0.2, 0) is 15.7 Å². The van der Waals surface area contributed by atoms with Gasteiger partial charge in [0.1, 0.15) is 11.6 Å². The Hall–Kier alpha value is -3.33. The summed E-state index contributed by atoms with van der Waals surface area (Å²) in [5, 5.41) is 9.18. The number of hydrogen-bond acceptors (Lipinski definition) is 7. The van der Waals surface area contributed by atoms with Crippen LogP contribution in [-0.4, -0.2) is 69.7 Å². The number of carbonyl (C=O) groups is 1. The highest BCUT2D eigenvalue weighted by molar-refractivity contribution is 6.08. The summed E-state index contributed by atoms with van der Waals surface area (Å²) in [4.78, 5) is 18.7. The van der Waals surface area contributed by atoms with Gasteiger partial charge in [-0.2, -0.15) is 0 Å². The normalized spacial score (nSPS) is 25.9. The van der Waals surface area contributed by atoms with Crippen molar-refractivity contribution >= 4 is 17.3 Å². The molecule has 0 amide bonds. The van der Waals surface area contributed by atoms with Gasteiger partial charge in [0.05, 0.1) is 56.9 Å². The van der Waals surface area contributed by atoms with Crippen molar-refractivity contribution < 1.29 is 28.1 Å². The van der Waals surface area contributed by atoms with Crippen molar-refractivity contribution in [2.45, 2.75) is 83.6 Å². The summed E-state index contributed by atoms with van der Waals surface area (Å²) in [5.41, 5.74) is 3.09. The Morgan fingerprint density at radius 3 is 2.36 bits per heavy atom. The van der Waals surface area contributed by atoms with Gasteiger partial charge < -0.3 is 28.7 Å². The molecule has 1 saturated heterocycles. The van der Waals surface area contributed by atoms with Crippen LogP contribution in [0.5, 0.6) is 17.2 Å². The lowest BCUT2D eigenvalue weighted by Gasteiger charge is -2.38. The minimum absolute atomic E-state index is 0.00117. The molecule has 3 unspecified atom stereocenters. The Morgan fingerprint density at radius 1 is 1.04 bits per heavy atom. The largest absolute Gasteiger partial charge is 0.494 e. The van der Waals surface area contributed by atoms with Crippen LogP contribution in [0.2, 0.25) is 0 Å². The molecule has 47 heavy (non-hydrogen) atoms. The number of benzene rings is 2. The molecule has 1 N–H and O–H groups in total. The number of nitrogens with zero attached hydrogens (tertiary/aromatic N) is 2. The SMILES string of the molecule is CCOc1cc2c(c(F)c1OCC)C(=N)N(CC(=O)c1cc(N3CCOCC3)c(OC)c(C3(CC(C)CC)CC4CC4C3)c1)C21CC1. The summed E-state index contributed by atoms with van der Waals surface area (Å²) in [6.07, 6.45) is 7.28. The highest BCUT2D eigenvalue weighted by atomic mass is 19.1. The number of methoxy groups -OCH3 is 1. The predicted molar refractivity (Wildman–Crippen MR) is 180 cm³/mol. The molecule has 2 aromatic rings. The standard InChI is InChI=1S/C38H50FN3O5/c1-6-23(4)19-37(20-25-15-26(25)21-37)28-16-24(17-29(34(28)44-5)41-11-13-45-14-12-41)30(43)22-42-36(40)32-27(38(42)9-10-38)18-31(46-7-2)35(33(32)39)47-8-3/h16-18,23,25-26,40H,6-15,19-22H2,1-5H3. The molecular formula is C38H50FN3O5. The fraction of sp³-hybridized carbons (Fsp3) is 0.632. The van der Waals surface area contributed by atoms with E-state index in [9.17, 15) is 10.2 Å². The van der Waals surface area contributed by atoms with E-state index in [-0.39, 0.29) is 41.5 Å². The Balaban J connectivity index is 1.28. The van der Waals surface area contributed by atoms with E-state index in [1.165, 1.54) is 6.42 Å². The molecule has 254 valence electrons. The Kier molecular flexibility index (Phi) is 8.42. The number of halogens is 1. The Bertz CT molecular complexity index is 1560. The Labute approximate surface area is 278 Å². The quantitative estimate of drug-likeness (QED) is 0.233. The van der Waals surface area contributed by atoms with Crippen LogP contribution in [0.15, 0.2) is 18.2 Å². The molecule has 7 rings (SSSR count). The third kappa shape index (κ3) is 5.37. The van der Waals surface area contributed by atoms with Crippen LogP contribution < -0.4 is 19.1 Å². The van der Waals surface area contributed by atoms with Crippen molar-refractivity contribution in [3.63, 3.8) is 0 Å². The number of hydrogen-bond donors (Lipinski definition) is 1. The zero-order chi connectivity index (χ0) is 33.1. The number of rotatable bonds is 13. The molecule has 1 spiro atoms. The number of ether oxygens (including phenoxy) is 4.